The first kappa shape index (κ1) is 21.0. The van der Waals surface area contributed by atoms with E-state index in [1.165, 1.54) is 22.9 Å². The van der Waals surface area contributed by atoms with Crippen molar-refractivity contribution in [2.75, 3.05) is 49.5 Å². The van der Waals surface area contributed by atoms with Gasteiger partial charge in [-0.1, -0.05) is 12.1 Å². The molecule has 5 nitrogen and oxygen atoms in total. The molecule has 1 fully saturated rings. The number of nitrogens with zero attached hydrogens (tertiary/aromatic N) is 2. The van der Waals surface area contributed by atoms with Crippen LogP contribution in [0.4, 0.5) is 25.0 Å². The van der Waals surface area contributed by atoms with Crippen molar-refractivity contribution in [2.24, 2.45) is 0 Å². The molecule has 1 heterocycles. The highest BCUT2D eigenvalue weighted by atomic mass is 19.1. The molecule has 0 aromatic heterocycles. The molecular formula is C22H28F2N4O. The molecule has 0 atom stereocenters. The monoisotopic (exact) mass is 402 g/mol. The maximum Gasteiger partial charge on any atom is 0.319 e. The fourth-order valence-electron chi connectivity index (χ4n) is 3.53. The summed E-state index contributed by atoms with van der Waals surface area (Å²) in [7, 11) is 0. The Balaban J connectivity index is 1.35. The van der Waals surface area contributed by atoms with E-state index < -0.39 is 17.7 Å². The number of carbonyl (C=O) groups is 1. The van der Waals surface area contributed by atoms with E-state index in [9.17, 15) is 13.6 Å². The van der Waals surface area contributed by atoms with Gasteiger partial charge in [0.05, 0.1) is 5.69 Å². The number of piperazine rings is 1. The molecule has 7 heteroatoms. The SMILES string of the molecule is Cc1ccc(C)c(N2CCN(CCCNC(=O)Nc3ccc(F)cc3F)CC2)c1. The van der Waals surface area contributed by atoms with Gasteiger partial charge < -0.3 is 15.5 Å². The van der Waals surface area contributed by atoms with Crippen molar-refractivity contribution in [1.82, 2.24) is 10.2 Å². The summed E-state index contributed by atoms with van der Waals surface area (Å²) in [6.07, 6.45) is 0.808. The summed E-state index contributed by atoms with van der Waals surface area (Å²) in [6, 6.07) is 9.13. The summed E-state index contributed by atoms with van der Waals surface area (Å²) in [5, 5.41) is 5.11. The molecule has 2 aromatic carbocycles. The first-order valence-electron chi connectivity index (χ1n) is 9.97. The minimum atomic E-state index is -0.790. The third-order valence-electron chi connectivity index (χ3n) is 5.19. The quantitative estimate of drug-likeness (QED) is 0.720. The lowest BCUT2D eigenvalue weighted by Crippen LogP contribution is -2.47. The van der Waals surface area contributed by atoms with E-state index in [0.29, 0.717) is 6.54 Å². The summed E-state index contributed by atoms with van der Waals surface area (Å²) in [6.45, 7) is 9.60. The third kappa shape index (κ3) is 5.90. The zero-order valence-corrected chi connectivity index (χ0v) is 17.0. The Morgan fingerprint density at radius 1 is 1.03 bits per heavy atom. The van der Waals surface area contributed by atoms with Crippen molar-refractivity contribution < 1.29 is 13.6 Å². The minimum absolute atomic E-state index is 0.0357. The van der Waals surface area contributed by atoms with Crippen molar-refractivity contribution in [3.8, 4) is 0 Å². The van der Waals surface area contributed by atoms with Crippen molar-refractivity contribution in [3.05, 3.63) is 59.2 Å². The molecule has 2 N–H and O–H groups in total. The van der Waals surface area contributed by atoms with E-state index in [1.807, 2.05) is 0 Å². The van der Waals surface area contributed by atoms with Crippen LogP contribution in [0.2, 0.25) is 0 Å². The summed E-state index contributed by atoms with van der Waals surface area (Å²) in [4.78, 5) is 16.7. The molecule has 1 aliphatic heterocycles. The Labute approximate surface area is 170 Å². The van der Waals surface area contributed by atoms with Gasteiger partial charge in [0, 0.05) is 44.5 Å². The van der Waals surface area contributed by atoms with Crippen molar-refractivity contribution >= 4 is 17.4 Å². The van der Waals surface area contributed by atoms with E-state index >= 15 is 0 Å². The first-order chi connectivity index (χ1) is 13.9. The number of rotatable bonds is 6. The molecule has 0 saturated carbocycles. The number of nitrogens with one attached hydrogen (secondary N) is 2. The topological polar surface area (TPSA) is 47.6 Å². The molecule has 0 spiro atoms. The fraction of sp³-hybridized carbons (Fsp3) is 0.409. The van der Waals surface area contributed by atoms with Crippen LogP contribution >= 0.6 is 0 Å². The van der Waals surface area contributed by atoms with Crippen molar-refractivity contribution in [2.45, 2.75) is 20.3 Å². The van der Waals surface area contributed by atoms with Crippen LogP contribution in [0.5, 0.6) is 0 Å². The number of hydrogen-bond donors (Lipinski definition) is 2. The molecule has 0 aliphatic carbocycles. The molecule has 2 amide bonds. The molecule has 0 bridgehead atoms. The lowest BCUT2D eigenvalue weighted by molar-refractivity contribution is 0.244. The zero-order valence-electron chi connectivity index (χ0n) is 17.0. The number of anilines is 2. The highest BCUT2D eigenvalue weighted by Crippen LogP contribution is 2.22. The smallest absolute Gasteiger partial charge is 0.319 e. The first-order valence-corrected chi connectivity index (χ1v) is 9.97. The lowest BCUT2D eigenvalue weighted by Gasteiger charge is -2.37. The molecular weight excluding hydrogens is 374 g/mol. The van der Waals surface area contributed by atoms with E-state index in [2.05, 4.69) is 52.5 Å². The molecule has 3 rings (SSSR count). The van der Waals surface area contributed by atoms with E-state index in [4.69, 9.17) is 0 Å². The molecule has 0 radical (unpaired) electrons. The number of halogens is 2. The summed E-state index contributed by atoms with van der Waals surface area (Å²) >= 11 is 0. The van der Waals surface area contributed by atoms with Crippen LogP contribution < -0.4 is 15.5 Å². The van der Waals surface area contributed by atoms with Crippen molar-refractivity contribution in [1.29, 1.82) is 0 Å². The summed E-state index contributed by atoms with van der Waals surface area (Å²) in [5.74, 6) is -1.46. The molecule has 2 aromatic rings. The van der Waals surface area contributed by atoms with Crippen molar-refractivity contribution in [3.63, 3.8) is 0 Å². The van der Waals surface area contributed by atoms with Gasteiger partial charge in [0.1, 0.15) is 11.6 Å². The van der Waals surface area contributed by atoms with Gasteiger partial charge in [-0.3, -0.25) is 4.90 Å². The van der Waals surface area contributed by atoms with Gasteiger partial charge in [0.2, 0.25) is 0 Å². The van der Waals surface area contributed by atoms with Gasteiger partial charge in [-0.25, -0.2) is 13.6 Å². The van der Waals surface area contributed by atoms with Crippen LogP contribution in [0.15, 0.2) is 36.4 Å². The van der Waals surface area contributed by atoms with Crippen LogP contribution in [-0.4, -0.2) is 50.2 Å². The Kier molecular flexibility index (Phi) is 7.04. The van der Waals surface area contributed by atoms with Crippen LogP contribution in [0.3, 0.4) is 0 Å². The largest absolute Gasteiger partial charge is 0.369 e. The zero-order chi connectivity index (χ0) is 20.8. The van der Waals surface area contributed by atoms with Gasteiger partial charge in [-0.05, 0) is 56.1 Å². The molecule has 29 heavy (non-hydrogen) atoms. The number of amides is 2. The maximum atomic E-state index is 13.6. The second-order valence-corrected chi connectivity index (χ2v) is 7.48. The standard InChI is InChI=1S/C22H28F2N4O/c1-16-4-5-17(2)21(14-16)28-12-10-27(11-13-28)9-3-8-25-22(29)26-20-7-6-18(23)15-19(20)24/h4-7,14-15H,3,8-13H2,1-2H3,(H2,25,26,29). The van der Waals surface area contributed by atoms with Crippen LogP contribution in [-0.2, 0) is 0 Å². The predicted molar refractivity (Wildman–Crippen MR) is 113 cm³/mol. The molecule has 1 aliphatic rings. The Bertz CT molecular complexity index is 851. The van der Waals surface area contributed by atoms with Gasteiger partial charge in [-0.15, -0.1) is 0 Å². The van der Waals surface area contributed by atoms with Gasteiger partial charge in [0.15, 0.2) is 0 Å². The lowest BCUT2D eigenvalue weighted by atomic mass is 10.1. The minimum Gasteiger partial charge on any atom is -0.369 e. The van der Waals surface area contributed by atoms with E-state index in [-0.39, 0.29) is 5.69 Å². The van der Waals surface area contributed by atoms with Gasteiger partial charge >= 0.3 is 6.03 Å². The third-order valence-corrected chi connectivity index (χ3v) is 5.19. The Hall–Kier alpha value is -2.67. The number of hydrogen-bond acceptors (Lipinski definition) is 3. The summed E-state index contributed by atoms with van der Waals surface area (Å²) < 4.78 is 26.4. The molecule has 0 unspecified atom stereocenters. The molecule has 156 valence electrons. The predicted octanol–water partition coefficient (Wildman–Crippen LogP) is 3.92. The highest BCUT2D eigenvalue weighted by Gasteiger charge is 2.18. The number of carbonyl (C=O) groups excluding carboxylic acids is 1. The number of urea groups is 1. The highest BCUT2D eigenvalue weighted by molar-refractivity contribution is 5.89. The van der Waals surface area contributed by atoms with E-state index in [0.717, 1.165) is 51.3 Å². The Morgan fingerprint density at radius 3 is 2.52 bits per heavy atom. The van der Waals surface area contributed by atoms with Gasteiger partial charge in [-0.2, -0.15) is 0 Å². The number of benzene rings is 2. The number of aryl methyl sites for hydroxylation is 2. The van der Waals surface area contributed by atoms with E-state index in [1.54, 1.807) is 0 Å². The Morgan fingerprint density at radius 2 is 1.79 bits per heavy atom. The van der Waals surface area contributed by atoms with Crippen LogP contribution in [0, 0.1) is 25.5 Å². The maximum absolute atomic E-state index is 13.6. The van der Waals surface area contributed by atoms with Crippen LogP contribution in [0.25, 0.3) is 0 Å². The fourth-order valence-corrected chi connectivity index (χ4v) is 3.53. The normalized spacial score (nSPS) is 14.7. The second kappa shape index (κ2) is 9.69. The van der Waals surface area contributed by atoms with Crippen LogP contribution in [0.1, 0.15) is 17.5 Å². The average Bonchev–Trinajstić information content (AvgIpc) is 2.70. The van der Waals surface area contributed by atoms with Gasteiger partial charge in [0.25, 0.3) is 0 Å². The second-order valence-electron chi connectivity index (χ2n) is 7.48. The summed E-state index contributed by atoms with van der Waals surface area (Å²) in [5.41, 5.74) is 3.86. The molecule has 1 saturated heterocycles. The average molecular weight is 402 g/mol.